The number of piperidine rings is 2. The highest BCUT2D eigenvalue weighted by Gasteiger charge is 2.32. The van der Waals surface area contributed by atoms with E-state index in [-0.39, 0.29) is 23.7 Å². The van der Waals surface area contributed by atoms with Gasteiger partial charge in [0.25, 0.3) is 11.8 Å². The molecular weight excluding hydrogens is 617 g/mol. The van der Waals surface area contributed by atoms with E-state index in [0.29, 0.717) is 67.9 Å². The van der Waals surface area contributed by atoms with Crippen LogP contribution in [0.25, 0.3) is 11.1 Å². The summed E-state index contributed by atoms with van der Waals surface area (Å²) in [5.74, 6) is -0.0239. The minimum Gasteiger partial charge on any atom is -0.444 e. The Hall–Kier alpha value is -3.93. The number of halogens is 3. The zero-order valence-corrected chi connectivity index (χ0v) is 27.0. The van der Waals surface area contributed by atoms with Gasteiger partial charge in [0.2, 0.25) is 0 Å². The van der Waals surface area contributed by atoms with Crippen molar-refractivity contribution in [2.75, 3.05) is 32.7 Å². The topological polar surface area (TPSA) is 91.8 Å². The first kappa shape index (κ1) is 33.4. The van der Waals surface area contributed by atoms with Crippen molar-refractivity contribution >= 4 is 29.2 Å². The van der Waals surface area contributed by atoms with Gasteiger partial charge in [-0.15, -0.1) is 11.3 Å². The van der Waals surface area contributed by atoms with Crippen LogP contribution in [-0.2, 0) is 10.9 Å². The molecule has 1 unspecified atom stereocenters. The summed E-state index contributed by atoms with van der Waals surface area (Å²) >= 11 is 1.46. The summed E-state index contributed by atoms with van der Waals surface area (Å²) in [6.07, 6.45) is -1.75. The van der Waals surface area contributed by atoms with E-state index < -0.39 is 23.4 Å². The first-order valence-corrected chi connectivity index (χ1v) is 16.4. The lowest BCUT2D eigenvalue weighted by atomic mass is 9.94. The van der Waals surface area contributed by atoms with Gasteiger partial charge in [-0.2, -0.15) is 13.2 Å². The maximum atomic E-state index is 13.6. The Morgan fingerprint density at radius 2 is 1.63 bits per heavy atom. The first-order chi connectivity index (χ1) is 21.8. The molecule has 1 aromatic heterocycles. The van der Waals surface area contributed by atoms with Gasteiger partial charge < -0.3 is 19.9 Å². The van der Waals surface area contributed by atoms with Crippen molar-refractivity contribution < 1.29 is 32.3 Å². The molecule has 246 valence electrons. The number of carbonyl (C=O) groups excluding carboxylic acids is 3. The number of thiazole rings is 1. The molecule has 12 heteroatoms. The largest absolute Gasteiger partial charge is 0.444 e. The molecule has 2 fully saturated rings. The summed E-state index contributed by atoms with van der Waals surface area (Å²) in [6, 6.07) is 11.8. The first-order valence-electron chi connectivity index (χ1n) is 15.6. The van der Waals surface area contributed by atoms with Gasteiger partial charge in [-0.3, -0.25) is 9.59 Å². The number of nitrogens with one attached hydrogen (secondary N) is 1. The number of ether oxygens (including phenoxy) is 1. The molecule has 2 aliphatic heterocycles. The molecule has 0 saturated carbocycles. The maximum Gasteiger partial charge on any atom is 0.416 e. The van der Waals surface area contributed by atoms with Crippen LogP contribution < -0.4 is 5.32 Å². The molecule has 1 atom stereocenters. The number of alkyl halides is 3. The molecule has 3 heterocycles. The second-order valence-electron chi connectivity index (χ2n) is 12.9. The Labute approximate surface area is 270 Å². The number of alkyl carbamates (subject to hydrolysis) is 1. The Balaban J connectivity index is 1.16. The molecule has 2 saturated heterocycles. The third-order valence-corrected chi connectivity index (χ3v) is 9.30. The average molecular weight is 657 g/mol. The van der Waals surface area contributed by atoms with Crippen LogP contribution in [0.2, 0.25) is 0 Å². The number of likely N-dealkylation sites (tertiary alicyclic amines) is 2. The number of aromatic nitrogens is 1. The summed E-state index contributed by atoms with van der Waals surface area (Å²) in [7, 11) is 0. The smallest absolute Gasteiger partial charge is 0.416 e. The second kappa shape index (κ2) is 13.8. The van der Waals surface area contributed by atoms with E-state index in [4.69, 9.17) is 9.72 Å². The minimum absolute atomic E-state index is 0.114. The number of rotatable bonds is 6. The van der Waals surface area contributed by atoms with Crippen LogP contribution in [0.1, 0.15) is 83.8 Å². The molecular formula is C34H39F3N4O4S. The summed E-state index contributed by atoms with van der Waals surface area (Å²) in [4.78, 5) is 47.2. The van der Waals surface area contributed by atoms with Crippen LogP contribution in [0.15, 0.2) is 53.9 Å². The zero-order valence-electron chi connectivity index (χ0n) is 26.2. The van der Waals surface area contributed by atoms with Crippen molar-refractivity contribution in [2.45, 2.75) is 64.1 Å². The summed E-state index contributed by atoms with van der Waals surface area (Å²) in [5.41, 5.74) is 0.699. The van der Waals surface area contributed by atoms with E-state index in [1.165, 1.54) is 23.5 Å². The van der Waals surface area contributed by atoms with Crippen LogP contribution in [0.4, 0.5) is 18.0 Å². The van der Waals surface area contributed by atoms with E-state index in [2.05, 4.69) is 5.32 Å². The van der Waals surface area contributed by atoms with Crippen LogP contribution in [0.3, 0.4) is 0 Å². The fourth-order valence-corrected chi connectivity index (χ4v) is 6.92. The molecule has 0 spiro atoms. The molecule has 2 aliphatic rings. The Kier molecular flexibility index (Phi) is 10.0. The number of hydrogen-bond donors (Lipinski definition) is 1. The number of amides is 3. The van der Waals surface area contributed by atoms with Crippen molar-refractivity contribution in [2.24, 2.45) is 5.92 Å². The van der Waals surface area contributed by atoms with E-state index >= 15 is 0 Å². The Bertz CT molecular complexity index is 1540. The molecule has 1 N–H and O–H groups in total. The third-order valence-electron chi connectivity index (χ3n) is 8.29. The summed E-state index contributed by atoms with van der Waals surface area (Å²) in [6.45, 7) is 8.07. The van der Waals surface area contributed by atoms with Gasteiger partial charge in [-0.05, 0) is 81.7 Å². The lowest BCUT2D eigenvalue weighted by molar-refractivity contribution is -0.137. The monoisotopic (exact) mass is 656 g/mol. The van der Waals surface area contributed by atoms with Crippen molar-refractivity contribution in [3.05, 3.63) is 75.7 Å². The van der Waals surface area contributed by atoms with Crippen molar-refractivity contribution in [1.82, 2.24) is 20.1 Å². The Morgan fingerprint density at radius 1 is 0.935 bits per heavy atom. The molecule has 8 nitrogen and oxygen atoms in total. The number of hydrogen-bond acceptors (Lipinski definition) is 6. The lowest BCUT2D eigenvalue weighted by Gasteiger charge is -2.33. The van der Waals surface area contributed by atoms with E-state index in [0.717, 1.165) is 30.0 Å². The molecule has 5 rings (SSSR count). The van der Waals surface area contributed by atoms with Gasteiger partial charge in [0, 0.05) is 49.6 Å². The standard InChI is InChI=1S/C34H39F3N4O4S/c1-33(2,3)45-32(44)38-19-22-7-6-16-41(20-22)31(43)28-21-46-29(39-28)24-14-17-40(18-15-24)30(42)27-9-5-4-8-26(27)23-10-12-25(13-11-23)34(35,36)37/h4-5,8-13,21-22,24H,6-7,14-20H2,1-3H3,(H,38,44). The number of benzene rings is 2. The average Bonchev–Trinajstić information content (AvgIpc) is 3.53. The van der Waals surface area contributed by atoms with Gasteiger partial charge in [-0.25, -0.2) is 9.78 Å². The predicted molar refractivity (Wildman–Crippen MR) is 170 cm³/mol. The summed E-state index contributed by atoms with van der Waals surface area (Å²) in [5, 5.41) is 5.50. The molecule has 0 bridgehead atoms. The second-order valence-corrected chi connectivity index (χ2v) is 13.8. The highest BCUT2D eigenvalue weighted by atomic mass is 32.1. The molecule has 0 aliphatic carbocycles. The third kappa shape index (κ3) is 8.26. The SMILES string of the molecule is CC(C)(C)OC(=O)NCC1CCCN(C(=O)c2csc(C3CCN(C(=O)c4ccccc4-c4ccc(C(F)(F)F)cc4)CC3)n2)C1. The van der Waals surface area contributed by atoms with Crippen LogP contribution in [0, 0.1) is 5.92 Å². The zero-order chi connectivity index (χ0) is 33.1. The van der Waals surface area contributed by atoms with Crippen molar-refractivity contribution in [3.8, 4) is 11.1 Å². The Morgan fingerprint density at radius 3 is 2.30 bits per heavy atom. The van der Waals surface area contributed by atoms with Crippen LogP contribution in [0.5, 0.6) is 0 Å². The van der Waals surface area contributed by atoms with Gasteiger partial charge in [-0.1, -0.05) is 30.3 Å². The van der Waals surface area contributed by atoms with Gasteiger partial charge >= 0.3 is 12.3 Å². The highest BCUT2D eigenvalue weighted by Crippen LogP contribution is 2.34. The molecule has 2 aromatic carbocycles. The lowest BCUT2D eigenvalue weighted by Crippen LogP contribution is -2.44. The fourth-order valence-electron chi connectivity index (χ4n) is 5.95. The maximum absolute atomic E-state index is 13.6. The van der Waals surface area contributed by atoms with E-state index in [1.54, 1.807) is 39.4 Å². The van der Waals surface area contributed by atoms with Crippen molar-refractivity contribution in [1.29, 1.82) is 0 Å². The van der Waals surface area contributed by atoms with E-state index in [1.807, 2.05) is 20.8 Å². The quantitative estimate of drug-likeness (QED) is 0.303. The molecule has 0 radical (unpaired) electrons. The molecule has 3 aromatic rings. The van der Waals surface area contributed by atoms with E-state index in [9.17, 15) is 27.6 Å². The van der Waals surface area contributed by atoms with Crippen LogP contribution in [-0.4, -0.2) is 71.0 Å². The number of carbonyl (C=O) groups is 3. The molecule has 46 heavy (non-hydrogen) atoms. The van der Waals surface area contributed by atoms with Gasteiger partial charge in [0.15, 0.2) is 0 Å². The number of nitrogens with zero attached hydrogens (tertiary/aromatic N) is 3. The predicted octanol–water partition coefficient (Wildman–Crippen LogP) is 7.23. The molecule has 3 amide bonds. The minimum atomic E-state index is -4.43. The van der Waals surface area contributed by atoms with Crippen molar-refractivity contribution in [3.63, 3.8) is 0 Å². The normalized spacial score (nSPS) is 17.9. The fraction of sp³-hybridized carbons (Fsp3) is 0.471. The van der Waals surface area contributed by atoms with Gasteiger partial charge in [0.05, 0.1) is 10.6 Å². The highest BCUT2D eigenvalue weighted by molar-refractivity contribution is 7.09. The summed E-state index contributed by atoms with van der Waals surface area (Å²) < 4.78 is 44.5. The van der Waals surface area contributed by atoms with Gasteiger partial charge in [0.1, 0.15) is 11.3 Å². The van der Waals surface area contributed by atoms with Crippen LogP contribution >= 0.6 is 11.3 Å².